The Kier molecular flexibility index (Phi) is 3.97. The van der Waals surface area contributed by atoms with Crippen LogP contribution in [-0.2, 0) is 11.3 Å². The second-order valence-electron chi connectivity index (χ2n) is 3.92. The van der Waals surface area contributed by atoms with Crippen LogP contribution >= 0.6 is 0 Å². The molecule has 1 aromatic carbocycles. The van der Waals surface area contributed by atoms with Crippen molar-refractivity contribution in [3.63, 3.8) is 0 Å². The first kappa shape index (κ1) is 12.9. The molecule has 100 valence electrons. The molecule has 0 bridgehead atoms. The van der Waals surface area contributed by atoms with Gasteiger partial charge < -0.3 is 15.8 Å². The highest BCUT2D eigenvalue weighted by Gasteiger charge is 2.08. The lowest BCUT2D eigenvalue weighted by Crippen LogP contribution is -2.15. The minimum absolute atomic E-state index is 0.126. The number of aromatic nitrogens is 3. The summed E-state index contributed by atoms with van der Waals surface area (Å²) in [6.07, 6.45) is 3.30. The van der Waals surface area contributed by atoms with Gasteiger partial charge >= 0.3 is 0 Å². The van der Waals surface area contributed by atoms with Gasteiger partial charge in [0.15, 0.2) is 0 Å². The fraction of sp³-hybridized carbons (Fsp3) is 0.250. The number of amides is 1. The third kappa shape index (κ3) is 3.44. The van der Waals surface area contributed by atoms with Gasteiger partial charge in [0.2, 0.25) is 5.91 Å². The number of nitrogens with one attached hydrogen (secondary N) is 1. The van der Waals surface area contributed by atoms with Crippen molar-refractivity contribution in [3.05, 3.63) is 30.9 Å². The number of nitrogens with two attached hydrogens (primary N) is 1. The number of anilines is 2. The number of methoxy groups -OCH3 is 1. The topological polar surface area (TPSA) is 95.1 Å². The minimum Gasteiger partial charge on any atom is -0.494 e. The van der Waals surface area contributed by atoms with Crippen LogP contribution in [0.1, 0.15) is 6.42 Å². The van der Waals surface area contributed by atoms with Crippen LogP contribution in [0.15, 0.2) is 30.9 Å². The number of aryl methyl sites for hydroxylation is 1. The predicted molar refractivity (Wildman–Crippen MR) is 70.7 cm³/mol. The van der Waals surface area contributed by atoms with Crippen LogP contribution in [0.2, 0.25) is 0 Å². The molecule has 1 heterocycles. The van der Waals surface area contributed by atoms with E-state index in [9.17, 15) is 4.79 Å². The molecule has 0 aliphatic heterocycles. The lowest BCUT2D eigenvalue weighted by atomic mass is 10.2. The van der Waals surface area contributed by atoms with Crippen molar-refractivity contribution in [1.82, 2.24) is 14.8 Å². The molecule has 1 amide bonds. The van der Waals surface area contributed by atoms with Crippen molar-refractivity contribution in [2.45, 2.75) is 13.0 Å². The molecule has 0 aliphatic carbocycles. The van der Waals surface area contributed by atoms with Crippen molar-refractivity contribution in [1.29, 1.82) is 0 Å². The number of carbonyl (C=O) groups excluding carboxylic acids is 1. The number of hydrogen-bond donors (Lipinski definition) is 2. The molecular weight excluding hydrogens is 246 g/mol. The highest BCUT2D eigenvalue weighted by atomic mass is 16.5. The maximum atomic E-state index is 11.8. The molecule has 0 radical (unpaired) electrons. The van der Waals surface area contributed by atoms with Gasteiger partial charge in [0.25, 0.3) is 0 Å². The molecule has 19 heavy (non-hydrogen) atoms. The molecule has 3 N–H and O–H groups in total. The maximum absolute atomic E-state index is 11.8. The molecular formula is C12H15N5O2. The summed E-state index contributed by atoms with van der Waals surface area (Å²) in [7, 11) is 1.53. The summed E-state index contributed by atoms with van der Waals surface area (Å²) >= 11 is 0. The van der Waals surface area contributed by atoms with Crippen molar-refractivity contribution < 1.29 is 9.53 Å². The summed E-state index contributed by atoms with van der Waals surface area (Å²) in [5, 5.41) is 6.69. The molecule has 2 rings (SSSR count). The van der Waals surface area contributed by atoms with E-state index in [1.54, 1.807) is 29.2 Å². The molecule has 1 aromatic heterocycles. The van der Waals surface area contributed by atoms with Crippen molar-refractivity contribution >= 4 is 17.3 Å². The van der Waals surface area contributed by atoms with E-state index in [0.717, 1.165) is 0 Å². The summed E-state index contributed by atoms with van der Waals surface area (Å²) in [6, 6.07) is 5.07. The molecule has 0 fully saturated rings. The van der Waals surface area contributed by atoms with Gasteiger partial charge in [-0.3, -0.25) is 9.48 Å². The zero-order valence-electron chi connectivity index (χ0n) is 10.5. The summed E-state index contributed by atoms with van der Waals surface area (Å²) in [6.45, 7) is 0.475. The Morgan fingerprint density at radius 1 is 1.53 bits per heavy atom. The van der Waals surface area contributed by atoms with Gasteiger partial charge in [-0.15, -0.1) is 0 Å². The molecule has 0 atom stereocenters. The normalized spacial score (nSPS) is 10.2. The molecule has 7 heteroatoms. The van der Waals surface area contributed by atoms with Gasteiger partial charge in [0.05, 0.1) is 19.3 Å². The number of hydrogen-bond acceptors (Lipinski definition) is 5. The molecule has 0 saturated carbocycles. The Bertz CT molecular complexity index is 553. The van der Waals surface area contributed by atoms with Crippen molar-refractivity contribution in [2.75, 3.05) is 18.2 Å². The zero-order chi connectivity index (χ0) is 13.7. The van der Waals surface area contributed by atoms with Crippen LogP contribution in [0.25, 0.3) is 0 Å². The second kappa shape index (κ2) is 5.85. The Hall–Kier alpha value is -2.57. The van der Waals surface area contributed by atoms with Gasteiger partial charge in [0, 0.05) is 18.2 Å². The van der Waals surface area contributed by atoms with E-state index < -0.39 is 0 Å². The van der Waals surface area contributed by atoms with Crippen molar-refractivity contribution in [3.8, 4) is 5.75 Å². The van der Waals surface area contributed by atoms with E-state index in [2.05, 4.69) is 15.4 Å². The molecule has 7 nitrogen and oxygen atoms in total. The average Bonchev–Trinajstić information content (AvgIpc) is 2.91. The fourth-order valence-electron chi connectivity index (χ4n) is 1.59. The highest BCUT2D eigenvalue weighted by Crippen LogP contribution is 2.26. The third-order valence-corrected chi connectivity index (χ3v) is 2.53. The van der Waals surface area contributed by atoms with E-state index in [-0.39, 0.29) is 5.91 Å². The van der Waals surface area contributed by atoms with Crippen LogP contribution in [0.4, 0.5) is 11.4 Å². The maximum Gasteiger partial charge on any atom is 0.226 e. The quantitative estimate of drug-likeness (QED) is 0.780. The largest absolute Gasteiger partial charge is 0.494 e. The van der Waals surface area contributed by atoms with Gasteiger partial charge in [-0.05, 0) is 12.1 Å². The second-order valence-corrected chi connectivity index (χ2v) is 3.92. The predicted octanol–water partition coefficient (Wildman–Crippen LogP) is 0.898. The monoisotopic (exact) mass is 261 g/mol. The first-order chi connectivity index (χ1) is 9.19. The molecule has 0 aliphatic rings. The zero-order valence-corrected chi connectivity index (χ0v) is 10.5. The lowest BCUT2D eigenvalue weighted by Gasteiger charge is -2.10. The van der Waals surface area contributed by atoms with Gasteiger partial charge in [-0.25, -0.2) is 4.98 Å². The van der Waals surface area contributed by atoms with Crippen LogP contribution in [0, 0.1) is 0 Å². The van der Waals surface area contributed by atoms with E-state index in [1.165, 1.54) is 13.4 Å². The number of nitrogens with zero attached hydrogens (tertiary/aromatic N) is 3. The average molecular weight is 261 g/mol. The lowest BCUT2D eigenvalue weighted by molar-refractivity contribution is -0.116. The Balaban J connectivity index is 1.95. The Morgan fingerprint density at radius 2 is 2.37 bits per heavy atom. The summed E-state index contributed by atoms with van der Waals surface area (Å²) in [5.41, 5.74) is 6.82. The van der Waals surface area contributed by atoms with E-state index in [0.29, 0.717) is 30.1 Å². The number of benzene rings is 1. The highest BCUT2D eigenvalue weighted by molar-refractivity contribution is 5.92. The van der Waals surface area contributed by atoms with Crippen LogP contribution in [0.5, 0.6) is 5.75 Å². The minimum atomic E-state index is -0.126. The van der Waals surface area contributed by atoms with Gasteiger partial charge in [0.1, 0.15) is 18.4 Å². The first-order valence-electron chi connectivity index (χ1n) is 5.75. The molecule has 2 aromatic rings. The number of nitrogen functional groups attached to an aromatic ring is 1. The van der Waals surface area contributed by atoms with Crippen LogP contribution < -0.4 is 15.8 Å². The van der Waals surface area contributed by atoms with E-state index in [1.807, 2.05) is 0 Å². The fourth-order valence-corrected chi connectivity index (χ4v) is 1.59. The van der Waals surface area contributed by atoms with Gasteiger partial charge in [-0.1, -0.05) is 0 Å². The van der Waals surface area contributed by atoms with Gasteiger partial charge in [-0.2, -0.15) is 5.10 Å². The Morgan fingerprint density at radius 3 is 3.05 bits per heavy atom. The number of ether oxygens (including phenoxy) is 1. The SMILES string of the molecule is COc1cc(N)ccc1NC(=O)CCn1cncn1. The third-order valence-electron chi connectivity index (χ3n) is 2.53. The number of carbonyl (C=O) groups is 1. The smallest absolute Gasteiger partial charge is 0.226 e. The first-order valence-corrected chi connectivity index (χ1v) is 5.75. The summed E-state index contributed by atoms with van der Waals surface area (Å²) < 4.78 is 6.75. The molecule has 0 saturated heterocycles. The standard InChI is InChI=1S/C12H15N5O2/c1-19-11-6-9(13)2-3-10(11)16-12(18)4-5-17-8-14-7-15-17/h2-3,6-8H,4-5,13H2,1H3,(H,16,18). The number of rotatable bonds is 5. The molecule has 0 spiro atoms. The Labute approximate surface area is 110 Å². The molecule has 0 unspecified atom stereocenters. The van der Waals surface area contributed by atoms with Crippen LogP contribution in [0.3, 0.4) is 0 Å². The summed E-state index contributed by atoms with van der Waals surface area (Å²) in [5.74, 6) is 0.410. The van der Waals surface area contributed by atoms with E-state index in [4.69, 9.17) is 10.5 Å². The van der Waals surface area contributed by atoms with Crippen molar-refractivity contribution in [2.24, 2.45) is 0 Å². The summed E-state index contributed by atoms with van der Waals surface area (Å²) in [4.78, 5) is 15.6. The van der Waals surface area contributed by atoms with E-state index >= 15 is 0 Å². The van der Waals surface area contributed by atoms with Crippen LogP contribution in [-0.4, -0.2) is 27.8 Å².